The van der Waals surface area contributed by atoms with Crippen LogP contribution in [-0.2, 0) is 5.41 Å². The van der Waals surface area contributed by atoms with E-state index in [0.29, 0.717) is 5.56 Å². The van der Waals surface area contributed by atoms with E-state index in [1.807, 2.05) is 12.1 Å². The molecular formula is C40H27N. The lowest BCUT2D eigenvalue weighted by Crippen LogP contribution is -2.15. The third kappa shape index (κ3) is 3.28. The number of benzene rings is 7. The van der Waals surface area contributed by atoms with Gasteiger partial charge in [-0.25, -0.2) is 0 Å². The minimum Gasteiger partial charge on any atom is -0.192 e. The van der Waals surface area contributed by atoms with Crippen LogP contribution in [0.15, 0.2) is 127 Å². The van der Waals surface area contributed by atoms with E-state index >= 15 is 0 Å². The summed E-state index contributed by atoms with van der Waals surface area (Å²) in [6, 6.07) is 48.2. The van der Waals surface area contributed by atoms with E-state index in [9.17, 15) is 5.26 Å². The minimum absolute atomic E-state index is 0.0985. The van der Waals surface area contributed by atoms with Crippen LogP contribution in [0.3, 0.4) is 0 Å². The van der Waals surface area contributed by atoms with Gasteiger partial charge in [-0.05, 0) is 95.0 Å². The molecule has 0 amide bonds. The predicted molar refractivity (Wildman–Crippen MR) is 172 cm³/mol. The molecule has 1 nitrogen and oxygen atoms in total. The van der Waals surface area contributed by atoms with E-state index < -0.39 is 0 Å². The number of hydrogen-bond donors (Lipinski definition) is 0. The van der Waals surface area contributed by atoms with Crippen molar-refractivity contribution in [2.45, 2.75) is 19.3 Å². The van der Waals surface area contributed by atoms with Gasteiger partial charge in [0.05, 0.1) is 11.6 Å². The quantitative estimate of drug-likeness (QED) is 0.208. The number of nitriles is 1. The lowest BCUT2D eigenvalue weighted by Gasteiger charge is -2.24. The Morgan fingerprint density at radius 2 is 0.951 bits per heavy atom. The summed E-state index contributed by atoms with van der Waals surface area (Å²) in [5.41, 5.74) is 11.0. The average Bonchev–Trinajstić information content (AvgIpc) is 3.26. The molecule has 0 radical (unpaired) electrons. The molecule has 0 atom stereocenters. The second-order valence-electron chi connectivity index (χ2n) is 11.6. The molecule has 0 spiro atoms. The molecule has 0 fully saturated rings. The lowest BCUT2D eigenvalue weighted by atomic mass is 9.79. The van der Waals surface area contributed by atoms with Crippen LogP contribution in [0.2, 0.25) is 0 Å². The van der Waals surface area contributed by atoms with Gasteiger partial charge < -0.3 is 0 Å². The van der Waals surface area contributed by atoms with Gasteiger partial charge in [0.1, 0.15) is 0 Å². The average molecular weight is 522 g/mol. The van der Waals surface area contributed by atoms with Crippen molar-refractivity contribution in [1.82, 2.24) is 0 Å². The first kappa shape index (κ1) is 23.7. The Kier molecular flexibility index (Phi) is 5.00. The Hall–Kier alpha value is -5.19. The fourth-order valence-electron chi connectivity index (χ4n) is 7.20. The van der Waals surface area contributed by atoms with Crippen molar-refractivity contribution in [3.05, 3.63) is 144 Å². The van der Waals surface area contributed by atoms with Gasteiger partial charge in [-0.15, -0.1) is 0 Å². The Morgan fingerprint density at radius 3 is 1.54 bits per heavy atom. The van der Waals surface area contributed by atoms with E-state index in [1.165, 1.54) is 71.3 Å². The topological polar surface area (TPSA) is 23.8 Å². The molecule has 7 aromatic carbocycles. The molecule has 0 bridgehead atoms. The predicted octanol–water partition coefficient (Wildman–Crippen LogP) is 10.7. The van der Waals surface area contributed by atoms with Crippen molar-refractivity contribution in [3.63, 3.8) is 0 Å². The largest absolute Gasteiger partial charge is 0.192 e. The van der Waals surface area contributed by atoms with E-state index in [4.69, 9.17) is 0 Å². The van der Waals surface area contributed by atoms with Gasteiger partial charge in [-0.2, -0.15) is 5.26 Å². The first-order valence-electron chi connectivity index (χ1n) is 14.2. The highest BCUT2D eigenvalue weighted by Gasteiger charge is 2.37. The van der Waals surface area contributed by atoms with E-state index in [1.54, 1.807) is 0 Å². The van der Waals surface area contributed by atoms with Crippen LogP contribution in [0.4, 0.5) is 0 Å². The van der Waals surface area contributed by atoms with Crippen LogP contribution in [0.25, 0.3) is 65.7 Å². The van der Waals surface area contributed by atoms with Crippen molar-refractivity contribution in [2.75, 3.05) is 0 Å². The number of hydrogen-bond acceptors (Lipinski definition) is 1. The molecule has 192 valence electrons. The van der Waals surface area contributed by atoms with Crippen molar-refractivity contribution in [2.24, 2.45) is 0 Å². The highest BCUT2D eigenvalue weighted by atomic mass is 14.4. The molecule has 1 aliphatic rings. The fourth-order valence-corrected chi connectivity index (χ4v) is 7.20. The minimum atomic E-state index is -0.0985. The summed E-state index contributed by atoms with van der Waals surface area (Å²) in [7, 11) is 0. The van der Waals surface area contributed by atoms with Crippen molar-refractivity contribution in [3.8, 4) is 39.4 Å². The molecule has 1 aliphatic carbocycles. The van der Waals surface area contributed by atoms with Gasteiger partial charge in [0.2, 0.25) is 0 Å². The normalized spacial score (nSPS) is 13.3. The molecule has 0 N–H and O–H groups in total. The first-order valence-corrected chi connectivity index (χ1v) is 14.2. The van der Waals surface area contributed by atoms with Gasteiger partial charge in [0.15, 0.2) is 0 Å². The Labute approximate surface area is 239 Å². The molecule has 0 heterocycles. The molecular weight excluding hydrogens is 494 g/mol. The van der Waals surface area contributed by atoms with Gasteiger partial charge in [0, 0.05) is 5.41 Å². The van der Waals surface area contributed by atoms with Gasteiger partial charge >= 0.3 is 0 Å². The highest BCUT2D eigenvalue weighted by molar-refractivity contribution is 6.24. The number of nitrogens with zero attached hydrogens (tertiary/aromatic N) is 1. The third-order valence-electron chi connectivity index (χ3n) is 9.09. The molecule has 0 aliphatic heterocycles. The highest BCUT2D eigenvalue weighted by Crippen LogP contribution is 2.54. The van der Waals surface area contributed by atoms with E-state index in [2.05, 4.69) is 135 Å². The van der Waals surface area contributed by atoms with Crippen molar-refractivity contribution >= 4 is 32.3 Å². The van der Waals surface area contributed by atoms with Crippen molar-refractivity contribution in [1.29, 1.82) is 5.26 Å². The maximum absolute atomic E-state index is 9.40. The summed E-state index contributed by atoms with van der Waals surface area (Å²) in [4.78, 5) is 0. The summed E-state index contributed by atoms with van der Waals surface area (Å²) in [5, 5.41) is 16.9. The summed E-state index contributed by atoms with van der Waals surface area (Å²) in [6.45, 7) is 4.72. The second kappa shape index (κ2) is 8.65. The monoisotopic (exact) mass is 521 g/mol. The van der Waals surface area contributed by atoms with Crippen LogP contribution < -0.4 is 0 Å². The third-order valence-corrected chi connectivity index (χ3v) is 9.09. The molecule has 1 heteroatoms. The van der Waals surface area contributed by atoms with Gasteiger partial charge in [-0.3, -0.25) is 0 Å². The summed E-state index contributed by atoms with van der Waals surface area (Å²) < 4.78 is 0. The van der Waals surface area contributed by atoms with Crippen LogP contribution in [-0.4, -0.2) is 0 Å². The molecule has 0 saturated heterocycles. The zero-order valence-corrected chi connectivity index (χ0v) is 23.1. The number of fused-ring (bicyclic) bond motifs is 7. The molecule has 0 saturated carbocycles. The van der Waals surface area contributed by atoms with Crippen LogP contribution in [0.1, 0.15) is 30.5 Å². The lowest BCUT2D eigenvalue weighted by molar-refractivity contribution is 0.661. The van der Waals surface area contributed by atoms with Crippen LogP contribution in [0, 0.1) is 11.3 Å². The summed E-state index contributed by atoms with van der Waals surface area (Å²) in [5.74, 6) is 0. The SMILES string of the molecule is CC1(C)c2ccccc2-c2c1cc(-c1c3ccccc3c(-c3ccc(C#N)cc3)c3ccccc13)c1ccccc21. The van der Waals surface area contributed by atoms with Gasteiger partial charge in [-0.1, -0.05) is 123 Å². The Bertz CT molecular complexity index is 2170. The van der Waals surface area contributed by atoms with Crippen LogP contribution in [0.5, 0.6) is 0 Å². The molecule has 8 rings (SSSR count). The molecule has 7 aromatic rings. The smallest absolute Gasteiger partial charge is 0.0991 e. The zero-order chi connectivity index (χ0) is 27.7. The first-order chi connectivity index (χ1) is 20.1. The van der Waals surface area contributed by atoms with E-state index in [0.717, 1.165) is 5.56 Å². The molecule has 41 heavy (non-hydrogen) atoms. The Balaban J connectivity index is 1.54. The maximum Gasteiger partial charge on any atom is 0.0991 e. The fraction of sp³-hybridized carbons (Fsp3) is 0.0750. The van der Waals surface area contributed by atoms with Crippen LogP contribution >= 0.6 is 0 Å². The van der Waals surface area contributed by atoms with Crippen molar-refractivity contribution < 1.29 is 0 Å². The van der Waals surface area contributed by atoms with E-state index in [-0.39, 0.29) is 5.41 Å². The standard InChI is InChI=1S/C40H27N/c1-40(2)35-18-10-9-17-33(35)39-28-12-4-3-11-27(28)34(23-36(39)40)38-31-15-7-5-13-29(31)37(30-14-6-8-16-32(30)38)26-21-19-25(24-41)20-22-26/h3-23H,1-2H3. The summed E-state index contributed by atoms with van der Waals surface area (Å²) in [6.07, 6.45) is 0. The number of rotatable bonds is 2. The Morgan fingerprint density at radius 1 is 0.463 bits per heavy atom. The molecule has 0 unspecified atom stereocenters. The second-order valence-corrected chi connectivity index (χ2v) is 11.6. The molecule has 0 aromatic heterocycles. The zero-order valence-electron chi connectivity index (χ0n) is 23.1. The summed E-state index contributed by atoms with van der Waals surface area (Å²) >= 11 is 0. The van der Waals surface area contributed by atoms with Gasteiger partial charge in [0.25, 0.3) is 0 Å². The maximum atomic E-state index is 9.40.